The third kappa shape index (κ3) is 13.3. The third-order valence-corrected chi connectivity index (χ3v) is 9.45. The molecule has 28 heavy (non-hydrogen) atoms. The minimum atomic E-state index is -2.51. The Morgan fingerprint density at radius 2 is 0.750 bits per heavy atom. The van der Waals surface area contributed by atoms with Crippen LogP contribution in [0, 0.1) is 0 Å². The highest BCUT2D eigenvalue weighted by molar-refractivity contribution is 6.62. The van der Waals surface area contributed by atoms with Crippen LogP contribution in [0.15, 0.2) is 0 Å². The van der Waals surface area contributed by atoms with Crippen molar-refractivity contribution in [2.45, 2.75) is 135 Å². The quantitative estimate of drug-likeness (QED) is 0.131. The molecule has 0 bridgehead atoms. The Bertz CT molecular complexity index is 300. The standard InChI is InChI=1S/C24H52O3Si/c1-6-8-10-12-13-14-15-16-17-19-21-23-24(22-20-18-11-9-7-2)28(25-3,26-4)27-5/h24H,6-23H2,1-5H3. The van der Waals surface area contributed by atoms with E-state index in [0.717, 1.165) is 0 Å². The summed E-state index contributed by atoms with van der Waals surface area (Å²) in [6.07, 6.45) is 24.3. The Hall–Kier alpha value is 0.0969. The van der Waals surface area contributed by atoms with Crippen LogP contribution in [0.2, 0.25) is 5.54 Å². The molecule has 0 N–H and O–H groups in total. The average molecular weight is 417 g/mol. The Balaban J connectivity index is 4.03. The molecule has 0 heterocycles. The number of rotatable bonds is 22. The topological polar surface area (TPSA) is 27.7 Å². The first-order valence-electron chi connectivity index (χ1n) is 12.4. The number of hydrogen-bond donors (Lipinski definition) is 0. The van der Waals surface area contributed by atoms with Crippen LogP contribution in [0.4, 0.5) is 0 Å². The van der Waals surface area contributed by atoms with Crippen molar-refractivity contribution >= 4 is 8.80 Å². The molecule has 0 fully saturated rings. The van der Waals surface area contributed by atoms with Crippen LogP contribution >= 0.6 is 0 Å². The van der Waals surface area contributed by atoms with Gasteiger partial charge in [-0.1, -0.05) is 117 Å². The zero-order chi connectivity index (χ0) is 20.9. The largest absolute Gasteiger partial charge is 0.503 e. The van der Waals surface area contributed by atoms with Gasteiger partial charge in [-0.25, -0.2) is 0 Å². The zero-order valence-electron chi connectivity index (χ0n) is 20.0. The van der Waals surface area contributed by atoms with Crippen molar-refractivity contribution in [2.75, 3.05) is 21.3 Å². The van der Waals surface area contributed by atoms with Crippen LogP contribution in [0.25, 0.3) is 0 Å². The van der Waals surface area contributed by atoms with E-state index in [4.69, 9.17) is 13.3 Å². The summed E-state index contributed by atoms with van der Waals surface area (Å²) in [4.78, 5) is 0. The van der Waals surface area contributed by atoms with Crippen LogP contribution < -0.4 is 0 Å². The van der Waals surface area contributed by atoms with E-state index in [2.05, 4.69) is 13.8 Å². The van der Waals surface area contributed by atoms with Gasteiger partial charge in [-0.05, 0) is 12.8 Å². The Morgan fingerprint density at radius 1 is 0.464 bits per heavy atom. The normalized spacial score (nSPS) is 13.2. The lowest BCUT2D eigenvalue weighted by molar-refractivity contribution is 0.107. The monoisotopic (exact) mass is 416 g/mol. The third-order valence-electron chi connectivity index (χ3n) is 6.17. The van der Waals surface area contributed by atoms with Gasteiger partial charge in [0.25, 0.3) is 0 Å². The minimum absolute atomic E-state index is 0.452. The van der Waals surface area contributed by atoms with Gasteiger partial charge in [0.2, 0.25) is 0 Å². The lowest BCUT2D eigenvalue weighted by Gasteiger charge is -2.32. The summed E-state index contributed by atoms with van der Waals surface area (Å²) in [5.74, 6) is 0. The summed E-state index contributed by atoms with van der Waals surface area (Å²) >= 11 is 0. The highest BCUT2D eigenvalue weighted by Crippen LogP contribution is 2.34. The van der Waals surface area contributed by atoms with E-state index in [1.165, 1.54) is 116 Å². The maximum absolute atomic E-state index is 5.82. The molecule has 0 aromatic rings. The second-order valence-corrected chi connectivity index (χ2v) is 11.7. The van der Waals surface area contributed by atoms with E-state index in [0.29, 0.717) is 5.54 Å². The lowest BCUT2D eigenvalue weighted by Crippen LogP contribution is -2.47. The predicted octanol–water partition coefficient (Wildman–Crippen LogP) is 8.30. The summed E-state index contributed by atoms with van der Waals surface area (Å²) < 4.78 is 17.5. The second kappa shape index (κ2) is 20.4. The highest BCUT2D eigenvalue weighted by Gasteiger charge is 2.46. The van der Waals surface area contributed by atoms with Gasteiger partial charge in [0.05, 0.1) is 0 Å². The molecule has 170 valence electrons. The molecule has 0 aliphatic rings. The van der Waals surface area contributed by atoms with Crippen molar-refractivity contribution in [3.8, 4) is 0 Å². The molecule has 0 saturated carbocycles. The molecule has 0 aliphatic heterocycles. The summed E-state index contributed by atoms with van der Waals surface area (Å²) in [5, 5.41) is 0. The summed E-state index contributed by atoms with van der Waals surface area (Å²) in [6, 6.07) is 0. The molecule has 0 spiro atoms. The molecule has 0 amide bonds. The minimum Gasteiger partial charge on any atom is -0.377 e. The molecule has 3 nitrogen and oxygen atoms in total. The van der Waals surface area contributed by atoms with Crippen LogP contribution in [0.3, 0.4) is 0 Å². The first-order chi connectivity index (χ1) is 13.7. The number of unbranched alkanes of at least 4 members (excludes halogenated alkanes) is 14. The van der Waals surface area contributed by atoms with Crippen LogP contribution in [0.1, 0.15) is 129 Å². The van der Waals surface area contributed by atoms with Crippen molar-refractivity contribution in [1.29, 1.82) is 0 Å². The fourth-order valence-corrected chi connectivity index (χ4v) is 6.91. The Labute approximate surface area is 178 Å². The Kier molecular flexibility index (Phi) is 20.4. The first-order valence-corrected chi connectivity index (χ1v) is 14.2. The SMILES string of the molecule is CCCCCCCCCCCCCC(CCCCCCC)[Si](OC)(OC)OC. The molecule has 1 unspecified atom stereocenters. The van der Waals surface area contributed by atoms with Crippen LogP contribution in [0.5, 0.6) is 0 Å². The molecule has 0 radical (unpaired) electrons. The van der Waals surface area contributed by atoms with Crippen LogP contribution in [-0.2, 0) is 13.3 Å². The summed E-state index contributed by atoms with van der Waals surface area (Å²) in [7, 11) is 2.79. The van der Waals surface area contributed by atoms with Gasteiger partial charge in [0.15, 0.2) is 0 Å². The molecule has 0 aliphatic carbocycles. The van der Waals surface area contributed by atoms with E-state index in [-0.39, 0.29) is 0 Å². The van der Waals surface area contributed by atoms with Crippen molar-refractivity contribution in [3.63, 3.8) is 0 Å². The van der Waals surface area contributed by atoms with Gasteiger partial charge in [0.1, 0.15) is 0 Å². The molecular weight excluding hydrogens is 364 g/mol. The van der Waals surface area contributed by atoms with Crippen molar-refractivity contribution in [3.05, 3.63) is 0 Å². The van der Waals surface area contributed by atoms with Gasteiger partial charge < -0.3 is 13.3 Å². The van der Waals surface area contributed by atoms with E-state index in [1.807, 2.05) is 0 Å². The Morgan fingerprint density at radius 3 is 1.04 bits per heavy atom. The van der Waals surface area contributed by atoms with Crippen LogP contribution in [-0.4, -0.2) is 30.1 Å². The van der Waals surface area contributed by atoms with Gasteiger partial charge in [-0.3, -0.25) is 0 Å². The molecule has 4 heteroatoms. The van der Waals surface area contributed by atoms with Gasteiger partial charge in [-0.15, -0.1) is 0 Å². The van der Waals surface area contributed by atoms with Crippen molar-refractivity contribution in [1.82, 2.24) is 0 Å². The molecule has 0 aromatic heterocycles. The molecule has 0 aromatic carbocycles. The van der Waals surface area contributed by atoms with Crippen molar-refractivity contribution in [2.24, 2.45) is 0 Å². The number of hydrogen-bond acceptors (Lipinski definition) is 3. The highest BCUT2D eigenvalue weighted by atomic mass is 28.4. The first kappa shape index (κ1) is 28.1. The molecular formula is C24H52O3Si. The predicted molar refractivity (Wildman–Crippen MR) is 125 cm³/mol. The maximum Gasteiger partial charge on any atom is 0.503 e. The molecule has 0 rings (SSSR count). The zero-order valence-corrected chi connectivity index (χ0v) is 21.0. The summed E-state index contributed by atoms with van der Waals surface area (Å²) in [5.41, 5.74) is 0.452. The maximum atomic E-state index is 5.82. The smallest absolute Gasteiger partial charge is 0.377 e. The summed E-state index contributed by atoms with van der Waals surface area (Å²) in [6.45, 7) is 4.56. The molecule has 0 saturated heterocycles. The van der Waals surface area contributed by atoms with E-state index in [1.54, 1.807) is 21.3 Å². The van der Waals surface area contributed by atoms with Gasteiger partial charge in [0, 0.05) is 26.9 Å². The van der Waals surface area contributed by atoms with E-state index >= 15 is 0 Å². The fraction of sp³-hybridized carbons (Fsp3) is 1.00. The lowest BCUT2D eigenvalue weighted by atomic mass is 10.0. The second-order valence-electron chi connectivity index (χ2n) is 8.44. The molecule has 1 atom stereocenters. The fourth-order valence-electron chi connectivity index (χ4n) is 4.30. The average Bonchev–Trinajstić information content (AvgIpc) is 2.72. The van der Waals surface area contributed by atoms with E-state index < -0.39 is 8.80 Å². The van der Waals surface area contributed by atoms with Gasteiger partial charge >= 0.3 is 8.80 Å². The van der Waals surface area contributed by atoms with Crippen molar-refractivity contribution < 1.29 is 13.3 Å². The van der Waals surface area contributed by atoms with Gasteiger partial charge in [-0.2, -0.15) is 0 Å². The van der Waals surface area contributed by atoms with E-state index in [9.17, 15) is 0 Å².